The van der Waals surface area contributed by atoms with Gasteiger partial charge in [-0.1, -0.05) is 0 Å². The molecule has 2 rings (SSSR count). The molecule has 1 aromatic heterocycles. The van der Waals surface area contributed by atoms with Crippen LogP contribution in [0.1, 0.15) is 19.3 Å². The zero-order valence-electron chi connectivity index (χ0n) is 6.33. The van der Waals surface area contributed by atoms with E-state index in [4.69, 9.17) is 0 Å². The molecule has 1 fully saturated rings. The minimum absolute atomic E-state index is 0.645. The van der Waals surface area contributed by atoms with E-state index in [1.807, 2.05) is 0 Å². The van der Waals surface area contributed by atoms with Crippen LogP contribution >= 0.6 is 0 Å². The van der Waals surface area contributed by atoms with Crippen molar-refractivity contribution in [1.82, 2.24) is 9.97 Å². The summed E-state index contributed by atoms with van der Waals surface area (Å²) < 4.78 is 0. The smallest absolute Gasteiger partial charge is 0.144 e. The molecule has 0 unspecified atom stereocenters. The first kappa shape index (κ1) is 6.58. The standard InChI is InChI=1S/C8H11N3/c1-2-7(3-1)11-8-6-9-4-5-10-8/h4-7H,1-3H2,(H,10,11). The minimum Gasteiger partial charge on any atom is -0.366 e. The lowest BCUT2D eigenvalue weighted by Gasteiger charge is -2.26. The van der Waals surface area contributed by atoms with E-state index in [1.54, 1.807) is 18.6 Å². The summed E-state index contributed by atoms with van der Waals surface area (Å²) in [6, 6.07) is 0.645. The summed E-state index contributed by atoms with van der Waals surface area (Å²) >= 11 is 0. The van der Waals surface area contributed by atoms with Gasteiger partial charge in [0.05, 0.1) is 6.20 Å². The zero-order chi connectivity index (χ0) is 7.52. The van der Waals surface area contributed by atoms with Crippen LogP contribution in [0.2, 0.25) is 0 Å². The third-order valence-corrected chi connectivity index (χ3v) is 2.02. The summed E-state index contributed by atoms with van der Waals surface area (Å²) in [5, 5.41) is 3.30. The summed E-state index contributed by atoms with van der Waals surface area (Å²) in [6.07, 6.45) is 9.05. The maximum atomic E-state index is 4.13. The van der Waals surface area contributed by atoms with Crippen LogP contribution in [-0.2, 0) is 0 Å². The Morgan fingerprint density at radius 2 is 2.27 bits per heavy atom. The topological polar surface area (TPSA) is 37.8 Å². The maximum Gasteiger partial charge on any atom is 0.144 e. The Kier molecular flexibility index (Phi) is 1.71. The fraction of sp³-hybridized carbons (Fsp3) is 0.500. The van der Waals surface area contributed by atoms with Crippen molar-refractivity contribution in [1.29, 1.82) is 0 Å². The van der Waals surface area contributed by atoms with Gasteiger partial charge in [0, 0.05) is 18.4 Å². The second-order valence-corrected chi connectivity index (χ2v) is 2.86. The normalized spacial score (nSPS) is 17.5. The van der Waals surface area contributed by atoms with Crippen molar-refractivity contribution >= 4 is 5.82 Å². The number of hydrogen-bond acceptors (Lipinski definition) is 3. The van der Waals surface area contributed by atoms with Gasteiger partial charge < -0.3 is 5.32 Å². The van der Waals surface area contributed by atoms with Crippen molar-refractivity contribution in [2.24, 2.45) is 0 Å². The lowest BCUT2D eigenvalue weighted by molar-refractivity contribution is 0.444. The van der Waals surface area contributed by atoms with E-state index in [0.29, 0.717) is 6.04 Å². The average molecular weight is 149 g/mol. The lowest BCUT2D eigenvalue weighted by atomic mass is 9.93. The monoisotopic (exact) mass is 149 g/mol. The van der Waals surface area contributed by atoms with Gasteiger partial charge in [0.25, 0.3) is 0 Å². The molecule has 58 valence electrons. The van der Waals surface area contributed by atoms with E-state index in [0.717, 1.165) is 5.82 Å². The molecule has 1 N–H and O–H groups in total. The molecule has 0 amide bonds. The first-order valence-corrected chi connectivity index (χ1v) is 3.98. The van der Waals surface area contributed by atoms with Gasteiger partial charge in [-0.25, -0.2) is 4.98 Å². The van der Waals surface area contributed by atoms with Crippen molar-refractivity contribution in [2.75, 3.05) is 5.32 Å². The molecular weight excluding hydrogens is 138 g/mol. The van der Waals surface area contributed by atoms with Crippen molar-refractivity contribution in [3.05, 3.63) is 18.6 Å². The highest BCUT2D eigenvalue weighted by atomic mass is 15.0. The Morgan fingerprint density at radius 3 is 2.82 bits per heavy atom. The predicted octanol–water partition coefficient (Wildman–Crippen LogP) is 1.44. The minimum atomic E-state index is 0.645. The zero-order valence-corrected chi connectivity index (χ0v) is 6.33. The fourth-order valence-corrected chi connectivity index (χ4v) is 1.14. The van der Waals surface area contributed by atoms with Crippen LogP contribution in [0.3, 0.4) is 0 Å². The van der Waals surface area contributed by atoms with Crippen molar-refractivity contribution in [2.45, 2.75) is 25.3 Å². The number of anilines is 1. The molecule has 0 spiro atoms. The molecule has 1 aromatic rings. The highest BCUT2D eigenvalue weighted by Crippen LogP contribution is 2.21. The number of rotatable bonds is 2. The molecule has 0 aliphatic heterocycles. The molecule has 0 aromatic carbocycles. The lowest BCUT2D eigenvalue weighted by Crippen LogP contribution is -2.27. The van der Waals surface area contributed by atoms with E-state index >= 15 is 0 Å². The van der Waals surface area contributed by atoms with E-state index in [-0.39, 0.29) is 0 Å². The van der Waals surface area contributed by atoms with Crippen LogP contribution in [0.15, 0.2) is 18.6 Å². The molecule has 1 aliphatic rings. The second-order valence-electron chi connectivity index (χ2n) is 2.86. The molecule has 11 heavy (non-hydrogen) atoms. The molecule has 3 heteroatoms. The number of aromatic nitrogens is 2. The highest BCUT2D eigenvalue weighted by Gasteiger charge is 2.16. The molecule has 1 saturated carbocycles. The summed E-state index contributed by atoms with van der Waals surface area (Å²) in [5.74, 6) is 0.900. The number of hydrogen-bond donors (Lipinski definition) is 1. The molecule has 1 heterocycles. The van der Waals surface area contributed by atoms with Crippen molar-refractivity contribution in [3.8, 4) is 0 Å². The molecule has 0 saturated heterocycles. The van der Waals surface area contributed by atoms with E-state index in [2.05, 4.69) is 15.3 Å². The molecule has 3 nitrogen and oxygen atoms in total. The fourth-order valence-electron chi connectivity index (χ4n) is 1.14. The summed E-state index contributed by atoms with van der Waals surface area (Å²) in [7, 11) is 0. The average Bonchev–Trinajstić information content (AvgIpc) is 1.99. The van der Waals surface area contributed by atoms with Crippen LogP contribution in [0.4, 0.5) is 5.82 Å². The largest absolute Gasteiger partial charge is 0.366 e. The number of nitrogens with zero attached hydrogens (tertiary/aromatic N) is 2. The SMILES string of the molecule is c1cnc(NC2CCC2)cn1. The molecule has 0 radical (unpaired) electrons. The second kappa shape index (κ2) is 2.86. The van der Waals surface area contributed by atoms with Crippen molar-refractivity contribution < 1.29 is 0 Å². The van der Waals surface area contributed by atoms with Gasteiger partial charge in [-0.3, -0.25) is 4.98 Å². The van der Waals surface area contributed by atoms with Gasteiger partial charge in [-0.2, -0.15) is 0 Å². The molecule has 1 aliphatic carbocycles. The van der Waals surface area contributed by atoms with Crippen LogP contribution in [-0.4, -0.2) is 16.0 Å². The quantitative estimate of drug-likeness (QED) is 0.691. The van der Waals surface area contributed by atoms with Crippen LogP contribution in [0.25, 0.3) is 0 Å². The van der Waals surface area contributed by atoms with Crippen LogP contribution < -0.4 is 5.32 Å². The van der Waals surface area contributed by atoms with Crippen LogP contribution in [0, 0.1) is 0 Å². The van der Waals surface area contributed by atoms with E-state index in [9.17, 15) is 0 Å². The third kappa shape index (κ3) is 1.48. The Morgan fingerprint density at radius 1 is 1.36 bits per heavy atom. The van der Waals surface area contributed by atoms with Gasteiger partial charge in [0.1, 0.15) is 5.82 Å². The summed E-state index contributed by atoms with van der Waals surface area (Å²) in [4.78, 5) is 8.10. The Labute approximate surface area is 65.9 Å². The summed E-state index contributed by atoms with van der Waals surface area (Å²) in [6.45, 7) is 0. The Bertz CT molecular complexity index is 218. The van der Waals surface area contributed by atoms with Crippen LogP contribution in [0.5, 0.6) is 0 Å². The van der Waals surface area contributed by atoms with E-state index < -0.39 is 0 Å². The molecule has 0 atom stereocenters. The van der Waals surface area contributed by atoms with Gasteiger partial charge >= 0.3 is 0 Å². The molecule has 0 bridgehead atoms. The van der Waals surface area contributed by atoms with Gasteiger partial charge in [0.2, 0.25) is 0 Å². The third-order valence-electron chi connectivity index (χ3n) is 2.02. The first-order chi connectivity index (χ1) is 5.45. The van der Waals surface area contributed by atoms with Gasteiger partial charge in [-0.05, 0) is 19.3 Å². The predicted molar refractivity (Wildman–Crippen MR) is 43.3 cm³/mol. The van der Waals surface area contributed by atoms with E-state index in [1.165, 1.54) is 19.3 Å². The Hall–Kier alpha value is -1.12. The number of nitrogens with one attached hydrogen (secondary N) is 1. The molecular formula is C8H11N3. The maximum absolute atomic E-state index is 4.13. The Balaban J connectivity index is 1.95. The summed E-state index contributed by atoms with van der Waals surface area (Å²) in [5.41, 5.74) is 0. The van der Waals surface area contributed by atoms with Gasteiger partial charge in [-0.15, -0.1) is 0 Å². The van der Waals surface area contributed by atoms with Crippen molar-refractivity contribution in [3.63, 3.8) is 0 Å². The van der Waals surface area contributed by atoms with Gasteiger partial charge in [0.15, 0.2) is 0 Å². The first-order valence-electron chi connectivity index (χ1n) is 3.98. The highest BCUT2D eigenvalue weighted by molar-refractivity contribution is 5.31.